The van der Waals surface area contributed by atoms with Gasteiger partial charge in [0.2, 0.25) is 5.95 Å². The van der Waals surface area contributed by atoms with E-state index < -0.39 is 0 Å². The third-order valence-electron chi connectivity index (χ3n) is 9.91. The first-order valence-electron chi connectivity index (χ1n) is 17.7. The molecule has 0 aliphatic rings. The summed E-state index contributed by atoms with van der Waals surface area (Å²) in [4.78, 5) is 30.0. The lowest BCUT2D eigenvalue weighted by Gasteiger charge is -2.11. The van der Waals surface area contributed by atoms with Crippen LogP contribution < -0.4 is 0 Å². The van der Waals surface area contributed by atoms with Gasteiger partial charge >= 0.3 is 0 Å². The summed E-state index contributed by atoms with van der Waals surface area (Å²) in [5, 5.41) is 5.34. The molecule has 0 saturated carbocycles. The molecule has 0 atom stereocenters. The van der Waals surface area contributed by atoms with Gasteiger partial charge in [-0.2, -0.15) is 9.97 Å². The molecule has 8 heteroatoms. The summed E-state index contributed by atoms with van der Waals surface area (Å²) in [7, 11) is 0. The molecule has 0 aliphatic carbocycles. The summed E-state index contributed by atoms with van der Waals surface area (Å²) in [6.07, 6.45) is 0. The predicted octanol–water partition coefficient (Wildman–Crippen LogP) is 11.3. The zero-order chi connectivity index (χ0) is 35.6. The lowest BCUT2D eigenvalue weighted by atomic mass is 10.0. The molecule has 11 aromatic rings. The summed E-state index contributed by atoms with van der Waals surface area (Å²) in [6.45, 7) is 0. The van der Waals surface area contributed by atoms with Crippen molar-refractivity contribution in [2.75, 3.05) is 0 Å². The average Bonchev–Trinajstić information content (AvgIpc) is 3.83. The van der Waals surface area contributed by atoms with Gasteiger partial charge in [-0.25, -0.2) is 19.9 Å². The fourth-order valence-corrected chi connectivity index (χ4v) is 8.21. The molecule has 0 spiro atoms. The molecule has 252 valence electrons. The van der Waals surface area contributed by atoms with Crippen molar-refractivity contribution in [3.63, 3.8) is 0 Å². The van der Waals surface area contributed by atoms with Crippen LogP contribution in [0.5, 0.6) is 0 Å². The Morgan fingerprint density at radius 1 is 0.389 bits per heavy atom. The summed E-state index contributed by atoms with van der Waals surface area (Å²) in [5.74, 6) is 1.46. The Morgan fingerprint density at radius 2 is 0.963 bits per heavy atom. The molecule has 11 rings (SSSR count). The number of rotatable bonds is 5. The van der Waals surface area contributed by atoms with E-state index in [-0.39, 0.29) is 0 Å². The summed E-state index contributed by atoms with van der Waals surface area (Å²) in [6, 6.07) is 56.2. The summed E-state index contributed by atoms with van der Waals surface area (Å²) in [5.41, 5.74) is 9.47. The fraction of sp³-hybridized carbons (Fsp3) is 0. The normalized spacial score (nSPS) is 11.7. The van der Waals surface area contributed by atoms with Crippen LogP contribution in [0.25, 0.3) is 105 Å². The summed E-state index contributed by atoms with van der Waals surface area (Å²) < 4.78 is 3.32. The molecule has 5 aromatic heterocycles. The van der Waals surface area contributed by atoms with Gasteiger partial charge in [0.25, 0.3) is 0 Å². The van der Waals surface area contributed by atoms with Crippen LogP contribution in [0.2, 0.25) is 0 Å². The molecular formula is C46H27N7S. The zero-order valence-corrected chi connectivity index (χ0v) is 29.4. The van der Waals surface area contributed by atoms with E-state index in [2.05, 4.69) is 114 Å². The topological polar surface area (TPSA) is 82.3 Å². The van der Waals surface area contributed by atoms with E-state index >= 15 is 0 Å². The van der Waals surface area contributed by atoms with E-state index in [0.29, 0.717) is 29.0 Å². The molecule has 0 aliphatic heterocycles. The van der Waals surface area contributed by atoms with Crippen LogP contribution in [0.3, 0.4) is 0 Å². The highest BCUT2D eigenvalue weighted by molar-refractivity contribution is 7.21. The molecular weight excluding hydrogens is 683 g/mol. The van der Waals surface area contributed by atoms with E-state index in [4.69, 9.17) is 29.9 Å². The van der Waals surface area contributed by atoms with E-state index in [1.54, 1.807) is 11.3 Å². The molecule has 0 unspecified atom stereocenters. The van der Waals surface area contributed by atoms with E-state index in [0.717, 1.165) is 70.8 Å². The van der Waals surface area contributed by atoms with Crippen LogP contribution in [0.15, 0.2) is 164 Å². The summed E-state index contributed by atoms with van der Waals surface area (Å²) >= 11 is 1.72. The van der Waals surface area contributed by atoms with Crippen LogP contribution in [-0.2, 0) is 0 Å². The number of thiazole rings is 1. The van der Waals surface area contributed by atoms with Crippen LogP contribution in [0, 0.1) is 0 Å². The maximum atomic E-state index is 5.12. The van der Waals surface area contributed by atoms with Gasteiger partial charge in [0.15, 0.2) is 11.6 Å². The smallest absolute Gasteiger partial charge is 0.238 e. The molecule has 0 amide bonds. The van der Waals surface area contributed by atoms with Gasteiger partial charge in [0, 0.05) is 27.1 Å². The maximum absolute atomic E-state index is 5.12. The number of para-hydroxylation sites is 4. The van der Waals surface area contributed by atoms with Crippen molar-refractivity contribution >= 4 is 65.2 Å². The molecule has 0 radical (unpaired) electrons. The lowest BCUT2D eigenvalue weighted by molar-refractivity contribution is 0.945. The number of aromatic nitrogens is 7. The first-order valence-corrected chi connectivity index (χ1v) is 18.5. The Bertz CT molecular complexity index is 3110. The first-order chi connectivity index (χ1) is 26.7. The van der Waals surface area contributed by atoms with Crippen molar-refractivity contribution in [1.82, 2.24) is 34.5 Å². The van der Waals surface area contributed by atoms with Crippen LogP contribution in [0.4, 0.5) is 0 Å². The first kappa shape index (κ1) is 30.5. The Labute approximate surface area is 313 Å². The van der Waals surface area contributed by atoms with Gasteiger partial charge in [-0.3, -0.25) is 4.57 Å². The largest absolute Gasteiger partial charge is 0.278 e. The molecule has 0 saturated heterocycles. The minimum atomic E-state index is 0.478. The molecule has 0 N–H and O–H groups in total. The molecule has 7 nitrogen and oxygen atoms in total. The van der Waals surface area contributed by atoms with Gasteiger partial charge in [-0.15, -0.1) is 11.3 Å². The van der Waals surface area contributed by atoms with E-state index in [9.17, 15) is 0 Å². The fourth-order valence-electron chi connectivity index (χ4n) is 7.24. The molecule has 0 bridgehead atoms. The monoisotopic (exact) mass is 709 g/mol. The molecule has 0 fully saturated rings. The number of hydrogen-bond donors (Lipinski definition) is 0. The van der Waals surface area contributed by atoms with Crippen molar-refractivity contribution in [3.8, 4) is 50.7 Å². The SMILES string of the molecule is c1ccc2nc(-c3nc(-c4ccc5ccccc5n4)nc(-n4c5ccccc5c5cc(-c6ccc(-c7nc8ccccc8s7)cc6)ccc54)n3)ccc2c1. The zero-order valence-electron chi connectivity index (χ0n) is 28.6. The molecule has 5 heterocycles. The van der Waals surface area contributed by atoms with Crippen molar-refractivity contribution in [3.05, 3.63) is 164 Å². The van der Waals surface area contributed by atoms with Gasteiger partial charge in [0.1, 0.15) is 16.4 Å². The van der Waals surface area contributed by atoms with Crippen molar-refractivity contribution in [2.45, 2.75) is 0 Å². The molecule has 54 heavy (non-hydrogen) atoms. The number of benzene rings is 6. The Balaban J connectivity index is 1.07. The standard InChI is InChI=1S/C46H27N7S/c1-4-12-35-29(9-1)21-24-38(47-35)43-50-44(39-25-22-30-10-2-5-13-36(30)48-39)52-46(51-43)53-40-15-7-3-11-33(40)34-27-32(23-26-41(34)53)28-17-19-31(20-18-28)45-49-37-14-6-8-16-42(37)54-45/h1-27H. The Kier molecular flexibility index (Phi) is 6.90. The lowest BCUT2D eigenvalue weighted by Crippen LogP contribution is -2.07. The third kappa shape index (κ3) is 5.11. The minimum Gasteiger partial charge on any atom is -0.278 e. The van der Waals surface area contributed by atoms with Crippen molar-refractivity contribution in [1.29, 1.82) is 0 Å². The van der Waals surface area contributed by atoms with E-state index in [1.807, 2.05) is 54.6 Å². The van der Waals surface area contributed by atoms with E-state index in [1.165, 1.54) is 4.70 Å². The van der Waals surface area contributed by atoms with Crippen molar-refractivity contribution < 1.29 is 0 Å². The third-order valence-corrected chi connectivity index (χ3v) is 11.0. The van der Waals surface area contributed by atoms with Gasteiger partial charge in [0.05, 0.1) is 32.3 Å². The van der Waals surface area contributed by atoms with Gasteiger partial charge < -0.3 is 0 Å². The quantitative estimate of drug-likeness (QED) is 0.177. The van der Waals surface area contributed by atoms with Crippen molar-refractivity contribution in [2.24, 2.45) is 0 Å². The Morgan fingerprint density at radius 3 is 1.67 bits per heavy atom. The molecule has 6 aromatic carbocycles. The second kappa shape index (κ2) is 12.2. The number of hydrogen-bond acceptors (Lipinski definition) is 7. The maximum Gasteiger partial charge on any atom is 0.238 e. The van der Waals surface area contributed by atoms with Crippen LogP contribution in [-0.4, -0.2) is 34.5 Å². The highest BCUT2D eigenvalue weighted by atomic mass is 32.1. The van der Waals surface area contributed by atoms with Crippen LogP contribution >= 0.6 is 11.3 Å². The highest BCUT2D eigenvalue weighted by Gasteiger charge is 2.20. The van der Waals surface area contributed by atoms with Crippen LogP contribution in [0.1, 0.15) is 0 Å². The average molecular weight is 710 g/mol. The minimum absolute atomic E-state index is 0.478. The number of fused-ring (bicyclic) bond motifs is 6. The highest BCUT2D eigenvalue weighted by Crippen LogP contribution is 2.36. The Hall–Kier alpha value is -7.16. The second-order valence-corrected chi connectivity index (χ2v) is 14.2. The van der Waals surface area contributed by atoms with Gasteiger partial charge in [-0.05, 0) is 65.7 Å². The number of nitrogens with zero attached hydrogens (tertiary/aromatic N) is 7. The van der Waals surface area contributed by atoms with Gasteiger partial charge in [-0.1, -0.05) is 109 Å². The second-order valence-electron chi connectivity index (χ2n) is 13.2. The predicted molar refractivity (Wildman–Crippen MR) is 220 cm³/mol. The number of pyridine rings is 2.